The van der Waals surface area contributed by atoms with Crippen LogP contribution in [0.2, 0.25) is 0 Å². The Morgan fingerprint density at radius 2 is 1.96 bits per heavy atom. The molecule has 2 aromatic heterocycles. The van der Waals surface area contributed by atoms with Crippen LogP contribution in [0.4, 0.5) is 5.82 Å². The number of hydrogen-bond acceptors (Lipinski definition) is 5. The van der Waals surface area contributed by atoms with Crippen molar-refractivity contribution >= 4 is 22.5 Å². The van der Waals surface area contributed by atoms with E-state index in [-0.39, 0.29) is 18.0 Å². The molecule has 138 valence electrons. The van der Waals surface area contributed by atoms with Gasteiger partial charge in [-0.1, -0.05) is 18.2 Å². The SMILES string of the molecule is O=C(Cn1ncc2ccccc2c1=O)NCc1ccnc(N2CCCC2)c1. The number of nitrogens with zero attached hydrogens (tertiary/aromatic N) is 4. The minimum absolute atomic E-state index is 0.103. The Kier molecular flexibility index (Phi) is 4.82. The van der Waals surface area contributed by atoms with Crippen molar-refractivity contribution in [2.24, 2.45) is 0 Å². The molecule has 0 atom stereocenters. The van der Waals surface area contributed by atoms with Gasteiger partial charge in [0.05, 0.1) is 11.6 Å². The smallest absolute Gasteiger partial charge is 0.275 e. The molecular formula is C20H21N5O2. The Bertz CT molecular complexity index is 1020. The standard InChI is InChI=1S/C20H21N5O2/c26-19(14-25-20(27)17-6-2-1-5-16(17)13-23-25)22-12-15-7-8-21-18(11-15)24-9-3-4-10-24/h1-2,5-8,11,13H,3-4,9-10,12,14H2,(H,22,26). The van der Waals surface area contributed by atoms with Crippen molar-refractivity contribution in [2.75, 3.05) is 18.0 Å². The van der Waals surface area contributed by atoms with Gasteiger partial charge in [-0.25, -0.2) is 9.67 Å². The number of fused-ring (bicyclic) bond motifs is 1. The number of aromatic nitrogens is 3. The van der Waals surface area contributed by atoms with Crippen LogP contribution in [0.5, 0.6) is 0 Å². The fourth-order valence-corrected chi connectivity index (χ4v) is 3.32. The quantitative estimate of drug-likeness (QED) is 0.746. The molecule has 3 heterocycles. The van der Waals surface area contributed by atoms with Crippen molar-refractivity contribution in [3.8, 4) is 0 Å². The van der Waals surface area contributed by atoms with Crippen LogP contribution < -0.4 is 15.8 Å². The summed E-state index contributed by atoms with van der Waals surface area (Å²) in [4.78, 5) is 31.4. The number of pyridine rings is 1. The molecule has 1 amide bonds. The van der Waals surface area contributed by atoms with Crippen LogP contribution in [-0.4, -0.2) is 33.8 Å². The summed E-state index contributed by atoms with van der Waals surface area (Å²) in [6.45, 7) is 2.34. The molecule has 0 bridgehead atoms. The summed E-state index contributed by atoms with van der Waals surface area (Å²) in [5, 5.41) is 8.28. The number of rotatable bonds is 5. The molecule has 0 radical (unpaired) electrons. The van der Waals surface area contributed by atoms with Crippen LogP contribution in [-0.2, 0) is 17.9 Å². The Hall–Kier alpha value is -3.22. The summed E-state index contributed by atoms with van der Waals surface area (Å²) in [6, 6.07) is 11.1. The average molecular weight is 363 g/mol. The van der Waals surface area contributed by atoms with Gasteiger partial charge in [-0.15, -0.1) is 0 Å². The zero-order chi connectivity index (χ0) is 18.6. The molecule has 1 aliphatic heterocycles. The first-order valence-corrected chi connectivity index (χ1v) is 9.12. The third-order valence-corrected chi connectivity index (χ3v) is 4.78. The van der Waals surface area contributed by atoms with Gasteiger partial charge in [-0.05, 0) is 36.6 Å². The van der Waals surface area contributed by atoms with Crippen LogP contribution >= 0.6 is 0 Å². The predicted molar refractivity (Wildman–Crippen MR) is 104 cm³/mol. The highest BCUT2D eigenvalue weighted by molar-refractivity contribution is 5.81. The van der Waals surface area contributed by atoms with Crippen molar-refractivity contribution < 1.29 is 4.79 Å². The normalized spacial score (nSPS) is 13.9. The van der Waals surface area contributed by atoms with Crippen LogP contribution in [0.1, 0.15) is 18.4 Å². The number of amides is 1. The number of carbonyl (C=O) groups is 1. The minimum atomic E-state index is -0.261. The average Bonchev–Trinajstić information content (AvgIpc) is 3.24. The lowest BCUT2D eigenvalue weighted by atomic mass is 10.2. The highest BCUT2D eigenvalue weighted by atomic mass is 16.2. The zero-order valence-electron chi connectivity index (χ0n) is 15.0. The highest BCUT2D eigenvalue weighted by Crippen LogP contribution is 2.18. The van der Waals surface area contributed by atoms with Gasteiger partial charge in [-0.2, -0.15) is 5.10 Å². The van der Waals surface area contributed by atoms with Gasteiger partial charge in [0.15, 0.2) is 0 Å². The summed E-state index contributed by atoms with van der Waals surface area (Å²) >= 11 is 0. The fourth-order valence-electron chi connectivity index (χ4n) is 3.32. The molecule has 1 N–H and O–H groups in total. The Balaban J connectivity index is 1.41. The number of carbonyl (C=O) groups excluding carboxylic acids is 1. The molecule has 4 rings (SSSR count). The van der Waals surface area contributed by atoms with Crippen molar-refractivity contribution in [3.05, 3.63) is 64.7 Å². The third kappa shape index (κ3) is 3.81. The summed E-state index contributed by atoms with van der Waals surface area (Å²) in [5.41, 5.74) is 0.725. The van der Waals surface area contributed by atoms with E-state index >= 15 is 0 Å². The molecule has 1 aliphatic rings. The molecule has 0 aliphatic carbocycles. The van der Waals surface area contributed by atoms with Crippen LogP contribution in [0.25, 0.3) is 10.8 Å². The van der Waals surface area contributed by atoms with Crippen molar-refractivity contribution in [3.63, 3.8) is 0 Å². The largest absolute Gasteiger partial charge is 0.357 e. The van der Waals surface area contributed by atoms with Gasteiger partial charge in [0.1, 0.15) is 12.4 Å². The molecule has 0 saturated carbocycles. The summed E-state index contributed by atoms with van der Waals surface area (Å²) in [5.74, 6) is 0.700. The molecular weight excluding hydrogens is 342 g/mol. The lowest BCUT2D eigenvalue weighted by Gasteiger charge is -2.17. The molecule has 7 nitrogen and oxygen atoms in total. The number of anilines is 1. The first kappa shape index (κ1) is 17.2. The van der Waals surface area contributed by atoms with Crippen LogP contribution in [0, 0.1) is 0 Å². The van der Waals surface area contributed by atoms with E-state index in [0.29, 0.717) is 11.9 Å². The van der Waals surface area contributed by atoms with Crippen molar-refractivity contribution in [1.82, 2.24) is 20.1 Å². The minimum Gasteiger partial charge on any atom is -0.357 e. The Morgan fingerprint density at radius 3 is 2.81 bits per heavy atom. The van der Waals surface area contributed by atoms with E-state index in [4.69, 9.17) is 0 Å². The highest BCUT2D eigenvalue weighted by Gasteiger charge is 2.14. The fraction of sp³-hybridized carbons (Fsp3) is 0.300. The Labute approximate surface area is 156 Å². The second-order valence-corrected chi connectivity index (χ2v) is 6.69. The van der Waals surface area contributed by atoms with Crippen LogP contribution in [0.3, 0.4) is 0 Å². The maximum Gasteiger partial charge on any atom is 0.275 e. The van der Waals surface area contributed by atoms with E-state index in [1.807, 2.05) is 24.3 Å². The number of hydrogen-bond donors (Lipinski definition) is 1. The monoisotopic (exact) mass is 363 g/mol. The molecule has 7 heteroatoms. The van der Waals surface area contributed by atoms with Crippen molar-refractivity contribution in [1.29, 1.82) is 0 Å². The summed E-state index contributed by atoms with van der Waals surface area (Å²) in [7, 11) is 0. The van der Waals surface area contributed by atoms with E-state index in [9.17, 15) is 9.59 Å². The van der Waals surface area contributed by atoms with Gasteiger partial charge in [-0.3, -0.25) is 9.59 Å². The maximum absolute atomic E-state index is 12.4. The first-order chi connectivity index (χ1) is 13.2. The Morgan fingerprint density at radius 1 is 1.15 bits per heavy atom. The molecule has 27 heavy (non-hydrogen) atoms. The van der Waals surface area contributed by atoms with Gasteiger partial charge >= 0.3 is 0 Å². The zero-order valence-corrected chi connectivity index (χ0v) is 15.0. The molecule has 0 spiro atoms. The van der Waals surface area contributed by atoms with Crippen LogP contribution in [0.15, 0.2) is 53.6 Å². The van der Waals surface area contributed by atoms with Gasteiger partial charge in [0, 0.05) is 31.2 Å². The second kappa shape index (κ2) is 7.57. The van der Waals surface area contributed by atoms with Gasteiger partial charge in [0.2, 0.25) is 5.91 Å². The van der Waals surface area contributed by atoms with E-state index in [1.165, 1.54) is 17.5 Å². The van der Waals surface area contributed by atoms with E-state index in [2.05, 4.69) is 20.3 Å². The molecule has 1 aromatic carbocycles. The molecule has 3 aromatic rings. The van der Waals surface area contributed by atoms with Crippen molar-refractivity contribution in [2.45, 2.75) is 25.9 Å². The number of benzene rings is 1. The van der Waals surface area contributed by atoms with Gasteiger partial charge in [0.25, 0.3) is 5.56 Å². The summed E-state index contributed by atoms with van der Waals surface area (Å²) < 4.78 is 1.19. The third-order valence-electron chi connectivity index (χ3n) is 4.78. The summed E-state index contributed by atoms with van der Waals surface area (Å²) in [6.07, 6.45) is 5.76. The number of nitrogens with one attached hydrogen (secondary N) is 1. The topological polar surface area (TPSA) is 80.1 Å². The van der Waals surface area contributed by atoms with E-state index in [1.54, 1.807) is 24.5 Å². The first-order valence-electron chi connectivity index (χ1n) is 9.12. The molecule has 1 saturated heterocycles. The predicted octanol–water partition coefficient (Wildman–Crippen LogP) is 1.71. The van der Waals surface area contributed by atoms with Gasteiger partial charge < -0.3 is 10.2 Å². The lowest BCUT2D eigenvalue weighted by Crippen LogP contribution is -2.33. The van der Waals surface area contributed by atoms with E-state index < -0.39 is 0 Å². The molecule has 1 fully saturated rings. The molecule has 0 unspecified atom stereocenters. The lowest BCUT2D eigenvalue weighted by molar-refractivity contribution is -0.122. The second-order valence-electron chi connectivity index (χ2n) is 6.69. The maximum atomic E-state index is 12.4. The van der Waals surface area contributed by atoms with E-state index in [0.717, 1.165) is 29.9 Å².